The lowest BCUT2D eigenvalue weighted by Gasteiger charge is -2.12. The van der Waals surface area contributed by atoms with E-state index in [2.05, 4.69) is 42.5 Å². The van der Waals surface area contributed by atoms with E-state index in [1.807, 2.05) is 42.5 Å². The average molecular weight is 499 g/mol. The molecule has 0 aliphatic carbocycles. The topological polar surface area (TPSA) is 46.2 Å². The van der Waals surface area contributed by atoms with E-state index in [1.165, 1.54) is 16.7 Å². The molecule has 0 aliphatic rings. The van der Waals surface area contributed by atoms with Crippen LogP contribution in [-0.4, -0.2) is 28.4 Å². The first-order valence-corrected chi connectivity index (χ1v) is 12.4. The summed E-state index contributed by atoms with van der Waals surface area (Å²) in [6, 6.07) is 28.6. The van der Waals surface area contributed by atoms with Crippen molar-refractivity contribution in [2.75, 3.05) is 28.4 Å². The molecule has 0 bridgehead atoms. The summed E-state index contributed by atoms with van der Waals surface area (Å²) in [6.07, 6.45) is 3.57. The number of methoxy groups -OCH3 is 4. The standard InChI is InChI=1S/C32H34O5/c1-33-27-15-12-23(13-16-27)8-11-26-19-29(34-2)22-30(20-26)37-28-7-5-6-24(18-28)9-10-25-14-17-31(35-3)32(21-25)36-4/h5-7,12-22H,8-11H2,1-4H3. The molecule has 4 aromatic rings. The number of ether oxygens (including phenoxy) is 5. The first kappa shape index (κ1) is 26.0. The van der Waals surface area contributed by atoms with Gasteiger partial charge in [-0.25, -0.2) is 0 Å². The van der Waals surface area contributed by atoms with Gasteiger partial charge in [0.25, 0.3) is 0 Å². The summed E-state index contributed by atoms with van der Waals surface area (Å²) in [5, 5.41) is 0. The van der Waals surface area contributed by atoms with Gasteiger partial charge in [0.05, 0.1) is 28.4 Å². The zero-order chi connectivity index (χ0) is 26.0. The van der Waals surface area contributed by atoms with Crippen LogP contribution >= 0.6 is 0 Å². The molecule has 0 unspecified atom stereocenters. The van der Waals surface area contributed by atoms with Crippen molar-refractivity contribution in [3.8, 4) is 34.5 Å². The van der Waals surface area contributed by atoms with Crippen LogP contribution in [0.25, 0.3) is 0 Å². The van der Waals surface area contributed by atoms with Crippen LogP contribution in [0.4, 0.5) is 0 Å². The molecule has 0 radical (unpaired) electrons. The molecule has 0 saturated heterocycles. The molecule has 4 aromatic carbocycles. The van der Waals surface area contributed by atoms with E-state index in [0.717, 1.165) is 65.7 Å². The van der Waals surface area contributed by atoms with Crippen molar-refractivity contribution in [1.82, 2.24) is 0 Å². The fourth-order valence-electron chi connectivity index (χ4n) is 4.26. The molecule has 0 heterocycles. The Hall–Kier alpha value is -4.12. The van der Waals surface area contributed by atoms with E-state index in [4.69, 9.17) is 23.7 Å². The van der Waals surface area contributed by atoms with Crippen LogP contribution in [0.2, 0.25) is 0 Å². The van der Waals surface area contributed by atoms with Gasteiger partial charge >= 0.3 is 0 Å². The Labute approximate surface area is 219 Å². The molecule has 0 N–H and O–H groups in total. The highest BCUT2D eigenvalue weighted by Gasteiger charge is 2.08. The average Bonchev–Trinajstić information content (AvgIpc) is 2.95. The third kappa shape index (κ3) is 7.20. The SMILES string of the molecule is COc1ccc(CCc2cc(OC)cc(Oc3cccc(CCc4ccc(OC)c(OC)c4)c3)c2)cc1. The molecule has 0 aliphatic heterocycles. The second-order valence-electron chi connectivity index (χ2n) is 8.80. The molecule has 5 nitrogen and oxygen atoms in total. The lowest BCUT2D eigenvalue weighted by molar-refractivity contribution is 0.354. The van der Waals surface area contributed by atoms with Crippen LogP contribution in [0.15, 0.2) is 84.9 Å². The Balaban J connectivity index is 1.42. The van der Waals surface area contributed by atoms with Gasteiger partial charge in [0.1, 0.15) is 23.0 Å². The minimum atomic E-state index is 0.739. The summed E-state index contributed by atoms with van der Waals surface area (Å²) >= 11 is 0. The van der Waals surface area contributed by atoms with Gasteiger partial charge in [0.2, 0.25) is 0 Å². The molecule has 37 heavy (non-hydrogen) atoms. The van der Waals surface area contributed by atoms with Gasteiger partial charge in [-0.1, -0.05) is 30.3 Å². The minimum absolute atomic E-state index is 0.739. The molecular formula is C32H34O5. The van der Waals surface area contributed by atoms with Crippen LogP contribution in [0.3, 0.4) is 0 Å². The summed E-state index contributed by atoms with van der Waals surface area (Å²) < 4.78 is 27.8. The van der Waals surface area contributed by atoms with Gasteiger partial charge in [0, 0.05) is 6.07 Å². The summed E-state index contributed by atoms with van der Waals surface area (Å²) in [4.78, 5) is 0. The van der Waals surface area contributed by atoms with Crippen LogP contribution < -0.4 is 23.7 Å². The van der Waals surface area contributed by atoms with Gasteiger partial charge in [0.15, 0.2) is 11.5 Å². The molecule has 5 heteroatoms. The molecule has 0 fully saturated rings. The van der Waals surface area contributed by atoms with Crippen molar-refractivity contribution in [2.24, 2.45) is 0 Å². The zero-order valence-corrected chi connectivity index (χ0v) is 22.0. The summed E-state index contributed by atoms with van der Waals surface area (Å²) in [5.41, 5.74) is 4.82. The Morgan fingerprint density at radius 2 is 1.00 bits per heavy atom. The zero-order valence-electron chi connectivity index (χ0n) is 22.0. The summed E-state index contributed by atoms with van der Waals surface area (Å²) in [5.74, 6) is 4.71. The monoisotopic (exact) mass is 498 g/mol. The summed E-state index contributed by atoms with van der Waals surface area (Å²) in [6.45, 7) is 0. The normalized spacial score (nSPS) is 10.6. The van der Waals surface area contributed by atoms with Crippen molar-refractivity contribution in [1.29, 1.82) is 0 Å². The van der Waals surface area contributed by atoms with Gasteiger partial charge in [-0.2, -0.15) is 0 Å². The Morgan fingerprint density at radius 3 is 1.70 bits per heavy atom. The predicted octanol–water partition coefficient (Wildman–Crippen LogP) is 7.08. The van der Waals surface area contributed by atoms with Gasteiger partial charge in [-0.3, -0.25) is 0 Å². The largest absolute Gasteiger partial charge is 0.497 e. The van der Waals surface area contributed by atoms with Gasteiger partial charge in [-0.15, -0.1) is 0 Å². The molecule has 192 valence electrons. The number of rotatable bonds is 12. The number of hydrogen-bond donors (Lipinski definition) is 0. The smallest absolute Gasteiger partial charge is 0.160 e. The Kier molecular flexibility index (Phi) is 8.93. The van der Waals surface area contributed by atoms with Crippen LogP contribution in [0.5, 0.6) is 34.5 Å². The van der Waals surface area contributed by atoms with Gasteiger partial charge < -0.3 is 23.7 Å². The quantitative estimate of drug-likeness (QED) is 0.209. The van der Waals surface area contributed by atoms with Gasteiger partial charge in [-0.05, 0) is 96.5 Å². The number of aryl methyl sites for hydroxylation is 4. The molecule has 4 rings (SSSR count). The fraction of sp³-hybridized carbons (Fsp3) is 0.250. The van der Waals surface area contributed by atoms with Crippen molar-refractivity contribution in [2.45, 2.75) is 25.7 Å². The highest BCUT2D eigenvalue weighted by molar-refractivity contribution is 5.44. The van der Waals surface area contributed by atoms with Crippen molar-refractivity contribution < 1.29 is 23.7 Å². The fourth-order valence-corrected chi connectivity index (χ4v) is 4.26. The molecule has 0 aromatic heterocycles. The molecule has 0 atom stereocenters. The molecule has 0 amide bonds. The van der Waals surface area contributed by atoms with E-state index in [9.17, 15) is 0 Å². The first-order chi connectivity index (χ1) is 18.1. The predicted molar refractivity (Wildman–Crippen MR) is 147 cm³/mol. The molecular weight excluding hydrogens is 464 g/mol. The lowest BCUT2D eigenvalue weighted by atomic mass is 10.0. The number of hydrogen-bond acceptors (Lipinski definition) is 5. The Bertz CT molecular complexity index is 1300. The summed E-state index contributed by atoms with van der Waals surface area (Å²) in [7, 11) is 6.67. The molecule has 0 saturated carbocycles. The van der Waals surface area contributed by atoms with Crippen molar-refractivity contribution in [3.63, 3.8) is 0 Å². The minimum Gasteiger partial charge on any atom is -0.497 e. The van der Waals surface area contributed by atoms with E-state index in [-0.39, 0.29) is 0 Å². The maximum Gasteiger partial charge on any atom is 0.160 e. The highest BCUT2D eigenvalue weighted by atomic mass is 16.5. The maximum absolute atomic E-state index is 6.27. The van der Waals surface area contributed by atoms with E-state index < -0.39 is 0 Å². The first-order valence-electron chi connectivity index (χ1n) is 12.4. The van der Waals surface area contributed by atoms with Crippen LogP contribution in [-0.2, 0) is 25.7 Å². The lowest BCUT2D eigenvalue weighted by Crippen LogP contribution is -1.96. The third-order valence-electron chi connectivity index (χ3n) is 6.32. The van der Waals surface area contributed by atoms with Crippen LogP contribution in [0.1, 0.15) is 22.3 Å². The van der Waals surface area contributed by atoms with E-state index >= 15 is 0 Å². The highest BCUT2D eigenvalue weighted by Crippen LogP contribution is 2.30. The maximum atomic E-state index is 6.27. The van der Waals surface area contributed by atoms with E-state index in [0.29, 0.717) is 0 Å². The number of benzene rings is 4. The second-order valence-corrected chi connectivity index (χ2v) is 8.80. The second kappa shape index (κ2) is 12.7. The Morgan fingerprint density at radius 1 is 0.405 bits per heavy atom. The van der Waals surface area contributed by atoms with E-state index in [1.54, 1.807) is 28.4 Å². The third-order valence-corrected chi connectivity index (χ3v) is 6.32. The van der Waals surface area contributed by atoms with Crippen LogP contribution in [0, 0.1) is 0 Å². The van der Waals surface area contributed by atoms with Crippen molar-refractivity contribution in [3.05, 3.63) is 107 Å². The molecule has 0 spiro atoms. The van der Waals surface area contributed by atoms with Crippen molar-refractivity contribution >= 4 is 0 Å².